The molecule has 35 heavy (non-hydrogen) atoms. The summed E-state index contributed by atoms with van der Waals surface area (Å²) in [5.41, 5.74) is 4.05. The van der Waals surface area contributed by atoms with Crippen molar-refractivity contribution in [3.63, 3.8) is 0 Å². The zero-order valence-electron chi connectivity index (χ0n) is 19.7. The molecule has 5 heteroatoms. The van der Waals surface area contributed by atoms with E-state index < -0.39 is 5.82 Å². The van der Waals surface area contributed by atoms with Crippen LogP contribution in [0, 0.1) is 17.5 Å². The van der Waals surface area contributed by atoms with E-state index in [-0.39, 0.29) is 16.7 Å². The summed E-state index contributed by atoms with van der Waals surface area (Å²) in [5.74, 6) is -0.899. The van der Waals surface area contributed by atoms with Crippen LogP contribution in [-0.2, 0) is 36.8 Å². The minimum Gasteiger partial charge on any atom is -0.385 e. The molecule has 1 nitrogen and oxygen atoms in total. The van der Waals surface area contributed by atoms with Gasteiger partial charge in [-0.25, -0.2) is 13.2 Å². The lowest BCUT2D eigenvalue weighted by atomic mass is 9.97. The molecule has 0 aliphatic carbocycles. The van der Waals surface area contributed by atoms with E-state index in [9.17, 15) is 8.78 Å². The van der Waals surface area contributed by atoms with Gasteiger partial charge in [0.1, 0.15) is 17.5 Å². The molecule has 0 amide bonds. The van der Waals surface area contributed by atoms with Gasteiger partial charge in [-0.05, 0) is 89.9 Å². The minimum absolute atomic E-state index is 0.0825. The third-order valence-corrected chi connectivity index (χ3v) is 6.69. The van der Waals surface area contributed by atoms with Crippen LogP contribution in [0.4, 0.5) is 13.2 Å². The second kappa shape index (κ2) is 11.7. The molecule has 0 radical (unpaired) electrons. The maximum Gasteiger partial charge on any atom is 0.142 e. The van der Waals surface area contributed by atoms with Gasteiger partial charge in [-0.1, -0.05) is 60.1 Å². The smallest absolute Gasteiger partial charge is 0.142 e. The van der Waals surface area contributed by atoms with Gasteiger partial charge in [-0.15, -0.1) is 0 Å². The Morgan fingerprint density at radius 1 is 0.657 bits per heavy atom. The third-order valence-electron chi connectivity index (χ3n) is 6.38. The molecule has 4 rings (SSSR count). The summed E-state index contributed by atoms with van der Waals surface area (Å²) in [7, 11) is 1.66. The van der Waals surface area contributed by atoms with Crippen molar-refractivity contribution in [3.8, 4) is 0 Å². The number of fused-ring (bicyclic) bond motifs is 1. The fourth-order valence-corrected chi connectivity index (χ4v) is 4.48. The zero-order valence-corrected chi connectivity index (χ0v) is 20.5. The van der Waals surface area contributed by atoms with Crippen molar-refractivity contribution < 1.29 is 17.9 Å². The normalized spacial score (nSPS) is 11.3. The van der Waals surface area contributed by atoms with Crippen LogP contribution in [0.15, 0.2) is 66.7 Å². The van der Waals surface area contributed by atoms with Gasteiger partial charge in [-0.3, -0.25) is 0 Å². The first-order valence-corrected chi connectivity index (χ1v) is 12.2. The average Bonchev–Trinajstić information content (AvgIpc) is 2.85. The molecule has 0 heterocycles. The molecular formula is C30H28ClF3O. The van der Waals surface area contributed by atoms with Gasteiger partial charge >= 0.3 is 0 Å². The van der Waals surface area contributed by atoms with E-state index >= 15 is 4.39 Å². The molecule has 182 valence electrons. The van der Waals surface area contributed by atoms with Crippen LogP contribution in [0.3, 0.4) is 0 Å². The van der Waals surface area contributed by atoms with E-state index in [1.54, 1.807) is 31.4 Å². The van der Waals surface area contributed by atoms with E-state index in [4.69, 9.17) is 16.3 Å². The predicted octanol–water partition coefficient (Wildman–Crippen LogP) is 8.06. The van der Waals surface area contributed by atoms with Gasteiger partial charge < -0.3 is 4.74 Å². The molecule has 0 aliphatic heterocycles. The standard InChI is InChI=1S/C30H28ClF3O/c1-35-16-2-3-20-4-9-23(28(32)18-20)10-5-21-7-14-26-25(17-21)13-12-24(30(26)34)11-6-22-8-15-27(31)29(33)19-22/h4,7-9,12-15,17-19H,2-3,5-6,10-11,16H2,1H3. The summed E-state index contributed by atoms with van der Waals surface area (Å²) in [5, 5.41) is 1.45. The highest BCUT2D eigenvalue weighted by molar-refractivity contribution is 6.30. The second-order valence-corrected chi connectivity index (χ2v) is 9.27. The van der Waals surface area contributed by atoms with Crippen LogP contribution >= 0.6 is 11.6 Å². The van der Waals surface area contributed by atoms with Crippen LogP contribution < -0.4 is 0 Å². The fraction of sp³-hybridized carbons (Fsp3) is 0.267. The molecule has 0 aliphatic rings. The molecular weight excluding hydrogens is 469 g/mol. The average molecular weight is 497 g/mol. The SMILES string of the molecule is COCCCc1ccc(CCc2ccc3c(F)c(CCc4ccc(Cl)c(F)c4)ccc3c2)c(F)c1. The minimum atomic E-state index is -0.464. The fourth-order valence-electron chi connectivity index (χ4n) is 4.36. The number of hydrogen-bond acceptors (Lipinski definition) is 1. The molecule has 0 unspecified atom stereocenters. The Hall–Kier alpha value is -2.82. The number of ether oxygens (including phenoxy) is 1. The van der Waals surface area contributed by atoms with Crippen LogP contribution in [0.25, 0.3) is 10.8 Å². The predicted molar refractivity (Wildman–Crippen MR) is 137 cm³/mol. The molecule has 0 fully saturated rings. The second-order valence-electron chi connectivity index (χ2n) is 8.86. The highest BCUT2D eigenvalue weighted by atomic mass is 35.5. The largest absolute Gasteiger partial charge is 0.385 e. The van der Waals surface area contributed by atoms with E-state index in [0.717, 1.165) is 34.9 Å². The van der Waals surface area contributed by atoms with Gasteiger partial charge in [0.2, 0.25) is 0 Å². The van der Waals surface area contributed by atoms with Crippen LogP contribution in [-0.4, -0.2) is 13.7 Å². The maximum absolute atomic E-state index is 15.1. The molecule has 0 saturated heterocycles. The van der Waals surface area contributed by atoms with Gasteiger partial charge in [0, 0.05) is 19.1 Å². The summed E-state index contributed by atoms with van der Waals surface area (Å²) >= 11 is 5.74. The molecule has 0 N–H and O–H groups in total. The van der Waals surface area contributed by atoms with Gasteiger partial charge in [-0.2, -0.15) is 0 Å². The van der Waals surface area contributed by atoms with Gasteiger partial charge in [0.25, 0.3) is 0 Å². The molecule has 0 bridgehead atoms. The lowest BCUT2D eigenvalue weighted by Gasteiger charge is -2.10. The molecule has 4 aromatic rings. The lowest BCUT2D eigenvalue weighted by Crippen LogP contribution is -1.99. The Morgan fingerprint density at radius 3 is 2.03 bits per heavy atom. The first-order valence-electron chi connectivity index (χ1n) is 11.8. The lowest BCUT2D eigenvalue weighted by molar-refractivity contribution is 0.195. The Kier molecular flexibility index (Phi) is 8.48. The Bertz CT molecular complexity index is 1320. The number of hydrogen-bond donors (Lipinski definition) is 0. The van der Waals surface area contributed by atoms with Gasteiger partial charge in [0.15, 0.2) is 0 Å². The molecule has 0 spiro atoms. The van der Waals surface area contributed by atoms with Crippen LogP contribution in [0.2, 0.25) is 5.02 Å². The highest BCUT2D eigenvalue weighted by Gasteiger charge is 2.10. The number of aryl methyl sites for hydroxylation is 5. The number of methoxy groups -OCH3 is 1. The molecule has 0 saturated carbocycles. The Morgan fingerprint density at radius 2 is 1.29 bits per heavy atom. The zero-order chi connectivity index (χ0) is 24.8. The van der Waals surface area contributed by atoms with Crippen molar-refractivity contribution in [1.29, 1.82) is 0 Å². The van der Waals surface area contributed by atoms with Crippen molar-refractivity contribution in [1.82, 2.24) is 0 Å². The molecule has 0 atom stereocenters. The number of benzene rings is 4. The summed E-state index contributed by atoms with van der Waals surface area (Å²) in [6.45, 7) is 0.662. The summed E-state index contributed by atoms with van der Waals surface area (Å²) in [4.78, 5) is 0. The van der Waals surface area contributed by atoms with Crippen molar-refractivity contribution in [3.05, 3.63) is 117 Å². The van der Waals surface area contributed by atoms with E-state index in [0.29, 0.717) is 48.8 Å². The first kappa shape index (κ1) is 25.3. The number of rotatable bonds is 10. The van der Waals surface area contributed by atoms with E-state index in [2.05, 4.69) is 0 Å². The van der Waals surface area contributed by atoms with Crippen molar-refractivity contribution >= 4 is 22.4 Å². The Labute approximate surface area is 209 Å². The van der Waals surface area contributed by atoms with Crippen LogP contribution in [0.5, 0.6) is 0 Å². The quantitative estimate of drug-likeness (QED) is 0.202. The number of halogens is 4. The van der Waals surface area contributed by atoms with E-state index in [1.165, 1.54) is 12.1 Å². The molecule has 0 aromatic heterocycles. The van der Waals surface area contributed by atoms with Crippen molar-refractivity contribution in [2.24, 2.45) is 0 Å². The summed E-state index contributed by atoms with van der Waals surface area (Å²) < 4.78 is 48.4. The summed E-state index contributed by atoms with van der Waals surface area (Å²) in [6.07, 6.45) is 3.89. The monoisotopic (exact) mass is 496 g/mol. The van der Waals surface area contributed by atoms with E-state index in [1.807, 2.05) is 30.3 Å². The maximum atomic E-state index is 15.1. The summed E-state index contributed by atoms with van der Waals surface area (Å²) in [6, 6.07) is 19.5. The Balaban J connectivity index is 1.41. The molecule has 4 aromatic carbocycles. The van der Waals surface area contributed by atoms with Crippen molar-refractivity contribution in [2.45, 2.75) is 38.5 Å². The van der Waals surface area contributed by atoms with Crippen molar-refractivity contribution in [2.75, 3.05) is 13.7 Å². The highest BCUT2D eigenvalue weighted by Crippen LogP contribution is 2.25. The van der Waals surface area contributed by atoms with Gasteiger partial charge in [0.05, 0.1) is 5.02 Å². The van der Waals surface area contributed by atoms with Crippen LogP contribution in [0.1, 0.15) is 34.2 Å². The third kappa shape index (κ3) is 6.45. The topological polar surface area (TPSA) is 9.23 Å². The first-order chi connectivity index (χ1) is 16.9.